The Kier molecular flexibility index (Phi) is 5.20. The molecule has 0 aliphatic rings. The molecule has 0 saturated heterocycles. The molecule has 0 fully saturated rings. The topological polar surface area (TPSA) is 42.0 Å². The number of aryl methyl sites for hydroxylation is 3. The number of amides is 1. The molecule has 4 heteroatoms. The van der Waals surface area contributed by atoms with Gasteiger partial charge in [-0.05, 0) is 62.2 Å². The van der Waals surface area contributed by atoms with Crippen molar-refractivity contribution in [1.29, 1.82) is 0 Å². The number of anilines is 1. The van der Waals surface area contributed by atoms with Gasteiger partial charge < -0.3 is 5.32 Å². The van der Waals surface area contributed by atoms with Crippen molar-refractivity contribution in [3.8, 4) is 11.3 Å². The second-order valence-electron chi connectivity index (χ2n) is 7.31. The van der Waals surface area contributed by atoms with Gasteiger partial charge in [0.1, 0.15) is 0 Å². The summed E-state index contributed by atoms with van der Waals surface area (Å²) in [6.45, 7) is 6.07. The zero-order valence-electron chi connectivity index (χ0n) is 16.6. The fourth-order valence-corrected chi connectivity index (χ4v) is 3.80. The third kappa shape index (κ3) is 3.94. The molecule has 3 nitrogen and oxygen atoms in total. The Bertz CT molecular complexity index is 1230. The standard InChI is InChI=1S/C25H21BrN2O/c1-15-12-17(3)24-20(13-15)21(25(29)28-22-7-5-4-6-16(22)2)14-23(27-24)18-8-10-19(26)11-9-18/h4-14H,1-3H3,(H,28,29). The number of nitrogens with zero attached hydrogens (tertiary/aromatic N) is 1. The van der Waals surface area contributed by atoms with Crippen LogP contribution in [0.3, 0.4) is 0 Å². The minimum atomic E-state index is -0.130. The van der Waals surface area contributed by atoms with E-state index in [9.17, 15) is 4.79 Å². The molecule has 0 aliphatic heterocycles. The molecule has 0 bridgehead atoms. The zero-order chi connectivity index (χ0) is 20.5. The van der Waals surface area contributed by atoms with Crippen molar-refractivity contribution in [2.75, 3.05) is 5.32 Å². The van der Waals surface area contributed by atoms with Gasteiger partial charge in [-0.3, -0.25) is 4.79 Å². The van der Waals surface area contributed by atoms with Crippen molar-refractivity contribution in [2.24, 2.45) is 0 Å². The van der Waals surface area contributed by atoms with Crippen LogP contribution < -0.4 is 5.32 Å². The van der Waals surface area contributed by atoms with Gasteiger partial charge in [0.25, 0.3) is 5.91 Å². The average molecular weight is 445 g/mol. The van der Waals surface area contributed by atoms with Gasteiger partial charge >= 0.3 is 0 Å². The van der Waals surface area contributed by atoms with Crippen LogP contribution in [0, 0.1) is 20.8 Å². The highest BCUT2D eigenvalue weighted by Crippen LogP contribution is 2.29. The quantitative estimate of drug-likeness (QED) is 0.375. The largest absolute Gasteiger partial charge is 0.322 e. The Balaban J connectivity index is 1.89. The molecular formula is C25H21BrN2O. The summed E-state index contributed by atoms with van der Waals surface area (Å²) in [5.74, 6) is -0.130. The molecule has 0 atom stereocenters. The van der Waals surface area contributed by atoms with E-state index in [1.54, 1.807) is 0 Å². The number of hydrogen-bond acceptors (Lipinski definition) is 2. The normalized spacial score (nSPS) is 10.9. The zero-order valence-corrected chi connectivity index (χ0v) is 18.2. The summed E-state index contributed by atoms with van der Waals surface area (Å²) >= 11 is 3.47. The second kappa shape index (κ2) is 7.80. The van der Waals surface area contributed by atoms with Crippen molar-refractivity contribution in [1.82, 2.24) is 4.98 Å². The number of benzene rings is 3. The predicted octanol–water partition coefficient (Wildman–Crippen LogP) is 6.84. The number of aromatic nitrogens is 1. The number of carbonyl (C=O) groups excluding carboxylic acids is 1. The van der Waals surface area contributed by atoms with Crippen molar-refractivity contribution >= 4 is 38.4 Å². The molecule has 1 heterocycles. The van der Waals surface area contributed by atoms with E-state index in [0.717, 1.165) is 49.0 Å². The first-order valence-corrected chi connectivity index (χ1v) is 10.3. The van der Waals surface area contributed by atoms with Crippen LogP contribution in [-0.2, 0) is 0 Å². The molecular weight excluding hydrogens is 424 g/mol. The molecule has 0 radical (unpaired) electrons. The molecule has 0 unspecified atom stereocenters. The van der Waals surface area contributed by atoms with Gasteiger partial charge in [0.2, 0.25) is 0 Å². The summed E-state index contributed by atoms with van der Waals surface area (Å²) < 4.78 is 1.01. The maximum absolute atomic E-state index is 13.3. The minimum absolute atomic E-state index is 0.130. The smallest absolute Gasteiger partial charge is 0.256 e. The summed E-state index contributed by atoms with van der Waals surface area (Å²) in [4.78, 5) is 18.2. The monoisotopic (exact) mass is 444 g/mol. The molecule has 29 heavy (non-hydrogen) atoms. The molecule has 0 saturated carbocycles. The van der Waals surface area contributed by atoms with E-state index in [-0.39, 0.29) is 5.91 Å². The molecule has 144 valence electrons. The van der Waals surface area contributed by atoms with Crippen molar-refractivity contribution in [3.63, 3.8) is 0 Å². The summed E-state index contributed by atoms with van der Waals surface area (Å²) in [7, 11) is 0. The molecule has 0 aliphatic carbocycles. The van der Waals surface area contributed by atoms with E-state index >= 15 is 0 Å². The van der Waals surface area contributed by atoms with Crippen molar-refractivity contribution in [3.05, 3.63) is 93.5 Å². The van der Waals surface area contributed by atoms with Gasteiger partial charge in [0.15, 0.2) is 0 Å². The average Bonchev–Trinajstić information content (AvgIpc) is 2.69. The van der Waals surface area contributed by atoms with E-state index < -0.39 is 0 Å². The molecule has 1 amide bonds. The van der Waals surface area contributed by atoms with Gasteiger partial charge in [-0.25, -0.2) is 4.98 Å². The summed E-state index contributed by atoms with van der Waals surface area (Å²) in [6, 6.07) is 21.8. The summed E-state index contributed by atoms with van der Waals surface area (Å²) in [5.41, 5.74) is 7.25. The Morgan fingerprint density at radius 1 is 0.897 bits per heavy atom. The van der Waals surface area contributed by atoms with Gasteiger partial charge in [0.05, 0.1) is 16.8 Å². The van der Waals surface area contributed by atoms with E-state index in [0.29, 0.717) is 5.56 Å². The van der Waals surface area contributed by atoms with Crippen LogP contribution in [0.5, 0.6) is 0 Å². The summed E-state index contributed by atoms with van der Waals surface area (Å²) in [6.07, 6.45) is 0. The molecule has 1 N–H and O–H groups in total. The number of para-hydroxylation sites is 1. The first-order valence-electron chi connectivity index (χ1n) is 9.47. The fourth-order valence-electron chi connectivity index (χ4n) is 3.54. The number of rotatable bonds is 3. The third-order valence-electron chi connectivity index (χ3n) is 5.03. The van der Waals surface area contributed by atoms with Crippen LogP contribution in [0.2, 0.25) is 0 Å². The lowest BCUT2D eigenvalue weighted by Gasteiger charge is -2.14. The number of halogens is 1. The van der Waals surface area contributed by atoms with Crippen LogP contribution in [0.25, 0.3) is 22.2 Å². The number of hydrogen-bond donors (Lipinski definition) is 1. The van der Waals surface area contributed by atoms with Gasteiger partial charge in [-0.2, -0.15) is 0 Å². The number of pyridine rings is 1. The highest BCUT2D eigenvalue weighted by molar-refractivity contribution is 9.10. The second-order valence-corrected chi connectivity index (χ2v) is 8.22. The van der Waals surface area contributed by atoms with E-state index in [1.807, 2.05) is 81.4 Å². The number of nitrogens with one attached hydrogen (secondary N) is 1. The predicted molar refractivity (Wildman–Crippen MR) is 123 cm³/mol. The molecule has 3 aromatic carbocycles. The van der Waals surface area contributed by atoms with E-state index in [1.165, 1.54) is 0 Å². The molecule has 4 aromatic rings. The Labute approximate surface area is 178 Å². The number of carbonyl (C=O) groups is 1. The van der Waals surface area contributed by atoms with Crippen LogP contribution in [-0.4, -0.2) is 10.9 Å². The van der Waals surface area contributed by atoms with Gasteiger partial charge in [0, 0.05) is 21.1 Å². The van der Waals surface area contributed by atoms with Crippen LogP contribution in [0.4, 0.5) is 5.69 Å². The maximum Gasteiger partial charge on any atom is 0.256 e. The Morgan fingerprint density at radius 2 is 1.62 bits per heavy atom. The minimum Gasteiger partial charge on any atom is -0.322 e. The van der Waals surface area contributed by atoms with Crippen LogP contribution in [0.15, 0.2) is 71.2 Å². The first-order chi connectivity index (χ1) is 13.9. The molecule has 4 rings (SSSR count). The van der Waals surface area contributed by atoms with Crippen LogP contribution >= 0.6 is 15.9 Å². The number of fused-ring (bicyclic) bond motifs is 1. The van der Waals surface area contributed by atoms with Crippen molar-refractivity contribution < 1.29 is 4.79 Å². The van der Waals surface area contributed by atoms with Gasteiger partial charge in [-0.15, -0.1) is 0 Å². The Hall–Kier alpha value is -2.98. The highest BCUT2D eigenvalue weighted by Gasteiger charge is 2.16. The van der Waals surface area contributed by atoms with E-state index in [2.05, 4.69) is 27.3 Å². The third-order valence-corrected chi connectivity index (χ3v) is 5.55. The SMILES string of the molecule is Cc1cc(C)c2nc(-c3ccc(Br)cc3)cc(C(=O)Nc3ccccc3C)c2c1. The first kappa shape index (κ1) is 19.3. The lowest BCUT2D eigenvalue weighted by molar-refractivity contribution is 0.102. The lowest BCUT2D eigenvalue weighted by atomic mass is 9.99. The summed E-state index contributed by atoms with van der Waals surface area (Å²) in [5, 5.41) is 3.94. The maximum atomic E-state index is 13.3. The van der Waals surface area contributed by atoms with Crippen LogP contribution in [0.1, 0.15) is 27.0 Å². The Morgan fingerprint density at radius 3 is 2.34 bits per heavy atom. The highest BCUT2D eigenvalue weighted by atomic mass is 79.9. The van der Waals surface area contributed by atoms with E-state index in [4.69, 9.17) is 4.98 Å². The lowest BCUT2D eigenvalue weighted by Crippen LogP contribution is -2.14. The van der Waals surface area contributed by atoms with Crippen molar-refractivity contribution in [2.45, 2.75) is 20.8 Å². The molecule has 0 spiro atoms. The fraction of sp³-hybridized carbons (Fsp3) is 0.120. The van der Waals surface area contributed by atoms with Gasteiger partial charge in [-0.1, -0.05) is 57.9 Å². The molecule has 1 aromatic heterocycles.